The lowest BCUT2D eigenvalue weighted by Gasteiger charge is -2.05. The molecule has 0 bridgehead atoms. The van der Waals surface area contributed by atoms with Gasteiger partial charge in [0.25, 0.3) is 5.91 Å². The third-order valence-corrected chi connectivity index (χ3v) is 4.06. The topological polar surface area (TPSA) is 90.6 Å². The fraction of sp³-hybridized carbons (Fsp3) is 0.0435. The van der Waals surface area contributed by atoms with Crippen LogP contribution in [0.3, 0.4) is 0 Å². The second kappa shape index (κ2) is 9.84. The van der Waals surface area contributed by atoms with Crippen molar-refractivity contribution in [1.82, 2.24) is 20.2 Å². The lowest BCUT2D eigenvalue weighted by atomic mass is 10.2. The van der Waals surface area contributed by atoms with Crippen molar-refractivity contribution in [2.45, 2.75) is 0 Å². The SMILES string of the molecule is O=C(COc1ncn(-c2ccccc2)n1)N/N=C/c1cccc(Oc2ccccc2)c1. The number of para-hydroxylation sites is 2. The summed E-state index contributed by atoms with van der Waals surface area (Å²) in [7, 11) is 0. The molecule has 4 aromatic rings. The first-order valence-corrected chi connectivity index (χ1v) is 9.51. The fourth-order valence-electron chi connectivity index (χ4n) is 2.64. The van der Waals surface area contributed by atoms with E-state index in [-0.39, 0.29) is 12.6 Å². The molecule has 1 N–H and O–H groups in total. The first-order valence-electron chi connectivity index (χ1n) is 9.51. The molecule has 0 saturated carbocycles. The van der Waals surface area contributed by atoms with Crippen LogP contribution in [-0.4, -0.2) is 33.5 Å². The van der Waals surface area contributed by atoms with Crippen molar-refractivity contribution in [2.24, 2.45) is 5.10 Å². The van der Waals surface area contributed by atoms with E-state index >= 15 is 0 Å². The molecule has 8 heteroatoms. The monoisotopic (exact) mass is 413 g/mol. The molecule has 0 fully saturated rings. The highest BCUT2D eigenvalue weighted by atomic mass is 16.5. The zero-order chi connectivity index (χ0) is 21.3. The summed E-state index contributed by atoms with van der Waals surface area (Å²) in [6.45, 7) is -0.257. The van der Waals surface area contributed by atoms with Gasteiger partial charge in [0.15, 0.2) is 6.61 Å². The van der Waals surface area contributed by atoms with E-state index in [2.05, 4.69) is 20.6 Å². The van der Waals surface area contributed by atoms with Gasteiger partial charge in [0, 0.05) is 0 Å². The van der Waals surface area contributed by atoms with Gasteiger partial charge < -0.3 is 9.47 Å². The zero-order valence-electron chi connectivity index (χ0n) is 16.5. The molecule has 1 amide bonds. The number of aromatic nitrogens is 3. The number of nitrogens with one attached hydrogen (secondary N) is 1. The molecule has 1 heterocycles. The molecule has 0 aliphatic heterocycles. The summed E-state index contributed by atoms with van der Waals surface area (Å²) in [6, 6.07) is 26.4. The number of hydrogen-bond acceptors (Lipinski definition) is 6. The molecule has 3 aromatic carbocycles. The first-order chi connectivity index (χ1) is 15.3. The fourth-order valence-corrected chi connectivity index (χ4v) is 2.64. The number of amides is 1. The highest BCUT2D eigenvalue weighted by Gasteiger charge is 2.07. The van der Waals surface area contributed by atoms with E-state index in [9.17, 15) is 4.79 Å². The Morgan fingerprint density at radius 3 is 2.52 bits per heavy atom. The number of hydrazone groups is 1. The molecule has 0 unspecified atom stereocenters. The maximum Gasteiger partial charge on any atom is 0.336 e. The van der Waals surface area contributed by atoms with Crippen LogP contribution in [0.5, 0.6) is 17.5 Å². The second-order valence-corrected chi connectivity index (χ2v) is 6.38. The third kappa shape index (κ3) is 5.77. The van der Waals surface area contributed by atoms with Gasteiger partial charge in [-0.1, -0.05) is 48.5 Å². The van der Waals surface area contributed by atoms with Crippen molar-refractivity contribution in [1.29, 1.82) is 0 Å². The van der Waals surface area contributed by atoms with E-state index in [1.165, 1.54) is 12.5 Å². The van der Waals surface area contributed by atoms with Crippen LogP contribution >= 0.6 is 0 Å². The zero-order valence-corrected chi connectivity index (χ0v) is 16.5. The van der Waals surface area contributed by atoms with Gasteiger partial charge in [0.1, 0.15) is 17.8 Å². The third-order valence-electron chi connectivity index (χ3n) is 4.06. The smallest absolute Gasteiger partial charge is 0.336 e. The summed E-state index contributed by atoms with van der Waals surface area (Å²) in [5.41, 5.74) is 4.03. The Labute approximate surface area is 178 Å². The maximum absolute atomic E-state index is 12.0. The van der Waals surface area contributed by atoms with E-state index in [1.54, 1.807) is 4.68 Å². The molecular weight excluding hydrogens is 394 g/mol. The Kier molecular flexibility index (Phi) is 6.30. The number of rotatable bonds is 8. The van der Waals surface area contributed by atoms with Gasteiger partial charge in [-0.2, -0.15) is 10.1 Å². The molecule has 31 heavy (non-hydrogen) atoms. The first kappa shape index (κ1) is 19.8. The summed E-state index contributed by atoms with van der Waals surface area (Å²) < 4.78 is 12.7. The average Bonchev–Trinajstić information content (AvgIpc) is 3.29. The molecule has 0 atom stereocenters. The standard InChI is InChI=1S/C23H19N5O3/c29-22(16-30-23-24-17-28(27-23)19-9-3-1-4-10-19)26-25-15-18-8-7-13-21(14-18)31-20-11-5-2-6-12-20/h1-15,17H,16H2,(H,26,29)/b25-15+. The number of carbonyl (C=O) groups excluding carboxylic acids is 1. The minimum absolute atomic E-state index is 0.105. The van der Waals surface area contributed by atoms with E-state index in [4.69, 9.17) is 9.47 Å². The minimum Gasteiger partial charge on any atom is -0.457 e. The average molecular weight is 413 g/mol. The van der Waals surface area contributed by atoms with E-state index in [0.29, 0.717) is 5.75 Å². The molecule has 0 aliphatic rings. The number of ether oxygens (including phenoxy) is 2. The minimum atomic E-state index is -0.427. The van der Waals surface area contributed by atoms with Crippen molar-refractivity contribution >= 4 is 12.1 Å². The van der Waals surface area contributed by atoms with Gasteiger partial charge in [-0.15, -0.1) is 5.10 Å². The van der Waals surface area contributed by atoms with Crippen LogP contribution in [0, 0.1) is 0 Å². The lowest BCUT2D eigenvalue weighted by Crippen LogP contribution is -2.24. The van der Waals surface area contributed by atoms with Crippen molar-refractivity contribution < 1.29 is 14.3 Å². The van der Waals surface area contributed by atoms with Crippen molar-refractivity contribution in [2.75, 3.05) is 6.61 Å². The second-order valence-electron chi connectivity index (χ2n) is 6.38. The van der Waals surface area contributed by atoms with Gasteiger partial charge in [-0.25, -0.2) is 10.1 Å². The largest absolute Gasteiger partial charge is 0.457 e. The summed E-state index contributed by atoms with van der Waals surface area (Å²) in [5, 5.41) is 8.12. The number of hydrogen-bond donors (Lipinski definition) is 1. The predicted molar refractivity (Wildman–Crippen MR) is 116 cm³/mol. The van der Waals surface area contributed by atoms with Crippen LogP contribution < -0.4 is 14.9 Å². The van der Waals surface area contributed by atoms with Crippen LogP contribution in [0.4, 0.5) is 0 Å². The molecule has 8 nitrogen and oxygen atoms in total. The Hall–Kier alpha value is -4.46. The summed E-state index contributed by atoms with van der Waals surface area (Å²) in [5.74, 6) is 0.985. The van der Waals surface area contributed by atoms with E-state index in [1.807, 2.05) is 84.9 Å². The Morgan fingerprint density at radius 1 is 0.968 bits per heavy atom. The Morgan fingerprint density at radius 2 is 1.71 bits per heavy atom. The van der Waals surface area contributed by atoms with Gasteiger partial charge >= 0.3 is 6.01 Å². The summed E-state index contributed by atoms with van der Waals surface area (Å²) in [6.07, 6.45) is 3.04. The van der Waals surface area contributed by atoms with Crippen LogP contribution in [0.15, 0.2) is 96.4 Å². The summed E-state index contributed by atoms with van der Waals surface area (Å²) >= 11 is 0. The molecule has 0 saturated heterocycles. The molecule has 4 rings (SSSR count). The summed E-state index contributed by atoms with van der Waals surface area (Å²) in [4.78, 5) is 16.0. The molecule has 1 aromatic heterocycles. The molecular formula is C23H19N5O3. The van der Waals surface area contributed by atoms with Crippen molar-refractivity contribution in [3.05, 3.63) is 96.8 Å². The van der Waals surface area contributed by atoms with Crippen LogP contribution in [-0.2, 0) is 4.79 Å². The van der Waals surface area contributed by atoms with Crippen molar-refractivity contribution in [3.63, 3.8) is 0 Å². The van der Waals surface area contributed by atoms with Gasteiger partial charge in [0.2, 0.25) is 0 Å². The number of benzene rings is 3. The highest BCUT2D eigenvalue weighted by molar-refractivity contribution is 5.83. The quantitative estimate of drug-likeness (QED) is 0.352. The predicted octanol–water partition coefficient (Wildman–Crippen LogP) is 3.59. The molecule has 154 valence electrons. The lowest BCUT2D eigenvalue weighted by molar-refractivity contribution is -0.123. The molecule has 0 spiro atoms. The Balaban J connectivity index is 1.26. The maximum atomic E-state index is 12.0. The van der Waals surface area contributed by atoms with E-state index < -0.39 is 5.91 Å². The molecule has 0 aliphatic carbocycles. The van der Waals surface area contributed by atoms with Crippen LogP contribution in [0.2, 0.25) is 0 Å². The van der Waals surface area contributed by atoms with E-state index in [0.717, 1.165) is 17.0 Å². The Bertz CT molecular complexity index is 1160. The van der Waals surface area contributed by atoms with Crippen LogP contribution in [0.25, 0.3) is 5.69 Å². The van der Waals surface area contributed by atoms with Crippen LogP contribution in [0.1, 0.15) is 5.56 Å². The number of nitrogens with zero attached hydrogens (tertiary/aromatic N) is 4. The number of carbonyl (C=O) groups is 1. The van der Waals surface area contributed by atoms with Crippen molar-refractivity contribution in [3.8, 4) is 23.2 Å². The van der Waals surface area contributed by atoms with Gasteiger partial charge in [0.05, 0.1) is 11.9 Å². The molecule has 0 radical (unpaired) electrons. The normalized spacial score (nSPS) is 10.7. The highest BCUT2D eigenvalue weighted by Crippen LogP contribution is 2.21. The van der Waals surface area contributed by atoms with Gasteiger partial charge in [-0.3, -0.25) is 4.79 Å². The van der Waals surface area contributed by atoms with Gasteiger partial charge in [-0.05, 0) is 42.0 Å².